The van der Waals surface area contributed by atoms with Crippen molar-refractivity contribution in [2.24, 2.45) is 10.1 Å². The van der Waals surface area contributed by atoms with E-state index >= 15 is 0 Å². The number of nitrogens with one attached hydrogen (secondary N) is 2. The van der Waals surface area contributed by atoms with Gasteiger partial charge in [-0.1, -0.05) is 45.4 Å². The zero-order valence-corrected chi connectivity index (χ0v) is 19.6. The monoisotopic (exact) mass is 504 g/mol. The second kappa shape index (κ2) is 9.17. The van der Waals surface area contributed by atoms with Gasteiger partial charge in [0.05, 0.1) is 24.0 Å². The van der Waals surface area contributed by atoms with Crippen LogP contribution in [0.2, 0.25) is 0 Å². The molecule has 0 aliphatic carbocycles. The normalized spacial score (nSPS) is 15.0. The molecular weight excluding hydrogens is 482 g/mol. The maximum absolute atomic E-state index is 10.7. The molecule has 4 aromatic rings. The van der Waals surface area contributed by atoms with Gasteiger partial charge < -0.3 is 19.8 Å². The summed E-state index contributed by atoms with van der Waals surface area (Å²) < 4.78 is 0.917. The van der Waals surface area contributed by atoms with Gasteiger partial charge in [-0.25, -0.2) is 4.99 Å². The lowest BCUT2D eigenvalue weighted by molar-refractivity contribution is -0.894. The van der Waals surface area contributed by atoms with Crippen LogP contribution in [0, 0.1) is 0 Å². The van der Waals surface area contributed by atoms with Gasteiger partial charge in [-0.2, -0.15) is 0 Å². The standard InChI is InChI=1S/C25H22BrN5O2/c1-31(15-17-6-4-5-11-27-17)12-13-33-30-23-18-7-2-3-8-20(18)28-24(23)22-19-14-16(26)9-10-21(19)29-25(22)32/h2-11,14,29,32H,12-13,15H2,1H3/p+1. The number of aromatic nitrogens is 2. The van der Waals surface area contributed by atoms with E-state index in [9.17, 15) is 5.11 Å². The van der Waals surface area contributed by atoms with Crippen molar-refractivity contribution in [2.45, 2.75) is 6.54 Å². The lowest BCUT2D eigenvalue weighted by Crippen LogP contribution is -3.08. The number of H-pyrrole nitrogens is 1. The smallest absolute Gasteiger partial charge is 0.199 e. The summed E-state index contributed by atoms with van der Waals surface area (Å²) in [5.41, 5.74) is 5.37. The van der Waals surface area contributed by atoms with Gasteiger partial charge in [-0.3, -0.25) is 4.98 Å². The van der Waals surface area contributed by atoms with Crippen LogP contribution < -0.4 is 4.90 Å². The number of benzene rings is 2. The molecule has 1 unspecified atom stereocenters. The highest BCUT2D eigenvalue weighted by molar-refractivity contribution is 9.10. The third kappa shape index (κ3) is 4.40. The summed E-state index contributed by atoms with van der Waals surface area (Å²) in [7, 11) is 2.10. The average Bonchev–Trinajstić information content (AvgIpc) is 3.33. The van der Waals surface area contributed by atoms with E-state index in [2.05, 4.69) is 38.1 Å². The topological polar surface area (TPSA) is 87.3 Å². The van der Waals surface area contributed by atoms with E-state index in [1.807, 2.05) is 66.9 Å². The molecule has 8 heteroatoms. The van der Waals surface area contributed by atoms with E-state index < -0.39 is 0 Å². The van der Waals surface area contributed by atoms with Crippen molar-refractivity contribution in [1.29, 1.82) is 0 Å². The average molecular weight is 505 g/mol. The Morgan fingerprint density at radius 2 is 1.97 bits per heavy atom. The number of hydrogen-bond acceptors (Lipinski definition) is 5. The van der Waals surface area contributed by atoms with Crippen molar-refractivity contribution in [3.8, 4) is 5.88 Å². The first-order valence-electron chi connectivity index (χ1n) is 10.7. The number of aliphatic imine (C=N–C) groups is 1. The van der Waals surface area contributed by atoms with Crippen LogP contribution in [0.4, 0.5) is 5.69 Å². The van der Waals surface area contributed by atoms with Crippen LogP contribution in [0.3, 0.4) is 0 Å². The number of likely N-dealkylation sites (N-methyl/N-ethyl adjacent to an activating group) is 1. The van der Waals surface area contributed by atoms with E-state index in [4.69, 9.17) is 9.83 Å². The number of rotatable bonds is 7. The van der Waals surface area contributed by atoms with Crippen molar-refractivity contribution in [2.75, 3.05) is 20.2 Å². The summed E-state index contributed by atoms with van der Waals surface area (Å²) in [6.07, 6.45) is 1.81. The Bertz CT molecular complexity index is 1360. The first kappa shape index (κ1) is 21.4. The number of halogens is 1. The highest BCUT2D eigenvalue weighted by Gasteiger charge is 2.29. The number of hydrogen-bond donors (Lipinski definition) is 3. The largest absolute Gasteiger partial charge is 0.494 e. The second-order valence-corrected chi connectivity index (χ2v) is 8.91. The Kier molecular flexibility index (Phi) is 5.93. The molecule has 3 N–H and O–H groups in total. The van der Waals surface area contributed by atoms with Crippen LogP contribution in [0.5, 0.6) is 5.88 Å². The minimum absolute atomic E-state index is 0.0573. The van der Waals surface area contributed by atoms with E-state index in [-0.39, 0.29) is 5.88 Å². The number of quaternary nitrogens is 1. The highest BCUT2D eigenvalue weighted by atomic mass is 79.9. The van der Waals surface area contributed by atoms with E-state index in [1.54, 1.807) is 0 Å². The number of aromatic hydroxyl groups is 1. The third-order valence-electron chi connectivity index (χ3n) is 5.58. The lowest BCUT2D eigenvalue weighted by atomic mass is 10.0. The minimum Gasteiger partial charge on any atom is -0.494 e. The Morgan fingerprint density at radius 3 is 2.82 bits per heavy atom. The maximum atomic E-state index is 10.7. The van der Waals surface area contributed by atoms with Crippen molar-refractivity contribution >= 4 is 43.9 Å². The summed E-state index contributed by atoms with van der Waals surface area (Å²) in [5.74, 6) is 0.0573. The van der Waals surface area contributed by atoms with Gasteiger partial charge in [0.1, 0.15) is 24.5 Å². The molecule has 0 saturated heterocycles. The zero-order chi connectivity index (χ0) is 22.8. The molecule has 3 heterocycles. The quantitative estimate of drug-likeness (QED) is 0.265. The van der Waals surface area contributed by atoms with Crippen molar-refractivity contribution in [3.05, 3.63) is 88.2 Å². The summed E-state index contributed by atoms with van der Waals surface area (Å²) in [6, 6.07) is 19.5. The van der Waals surface area contributed by atoms with Crippen LogP contribution >= 0.6 is 15.9 Å². The Labute approximate surface area is 199 Å². The number of aromatic amines is 1. The molecule has 1 aliphatic rings. The van der Waals surface area contributed by atoms with Crippen molar-refractivity contribution in [1.82, 2.24) is 9.97 Å². The van der Waals surface area contributed by atoms with Crippen molar-refractivity contribution in [3.63, 3.8) is 0 Å². The molecule has 0 amide bonds. The van der Waals surface area contributed by atoms with Crippen LogP contribution in [0.1, 0.15) is 16.8 Å². The fraction of sp³-hybridized carbons (Fsp3) is 0.160. The molecule has 5 rings (SSSR count). The molecule has 1 aliphatic heterocycles. The summed E-state index contributed by atoms with van der Waals surface area (Å²) in [5, 5.41) is 16.0. The predicted molar refractivity (Wildman–Crippen MR) is 132 cm³/mol. The first-order valence-corrected chi connectivity index (χ1v) is 11.5. The molecule has 2 aromatic carbocycles. The summed E-state index contributed by atoms with van der Waals surface area (Å²) in [4.78, 5) is 19.2. The number of fused-ring (bicyclic) bond motifs is 2. The van der Waals surface area contributed by atoms with Gasteiger partial charge in [0.2, 0.25) is 0 Å². The molecule has 33 heavy (non-hydrogen) atoms. The Balaban J connectivity index is 1.39. The van der Waals surface area contributed by atoms with E-state index in [0.717, 1.165) is 45.4 Å². The summed E-state index contributed by atoms with van der Waals surface area (Å²) in [6.45, 7) is 2.03. The van der Waals surface area contributed by atoms with Gasteiger partial charge in [0.15, 0.2) is 12.5 Å². The Morgan fingerprint density at radius 1 is 1.12 bits per heavy atom. The molecule has 1 atom stereocenters. The molecule has 0 fully saturated rings. The van der Waals surface area contributed by atoms with Crippen LogP contribution in [0.25, 0.3) is 10.9 Å². The van der Waals surface area contributed by atoms with Crippen LogP contribution in [-0.2, 0) is 11.4 Å². The molecule has 0 radical (unpaired) electrons. The first-order chi connectivity index (χ1) is 16.1. The fourth-order valence-corrected chi connectivity index (χ4v) is 4.32. The molecule has 0 saturated carbocycles. The van der Waals surface area contributed by atoms with Gasteiger partial charge in [0, 0.05) is 27.1 Å². The SMILES string of the molecule is C[NH+](CCON=C1C(c2c(O)[nH]c3ccc(Br)cc23)=Nc2ccccc21)Cc1ccccn1. The van der Waals surface area contributed by atoms with E-state index in [0.29, 0.717) is 23.6 Å². The fourth-order valence-electron chi connectivity index (χ4n) is 3.96. The van der Waals surface area contributed by atoms with E-state index in [1.165, 1.54) is 4.90 Å². The van der Waals surface area contributed by atoms with Crippen LogP contribution in [0.15, 0.2) is 81.5 Å². The molecule has 2 aromatic heterocycles. The van der Waals surface area contributed by atoms with Gasteiger partial charge in [0.25, 0.3) is 0 Å². The van der Waals surface area contributed by atoms with Crippen LogP contribution in [-0.4, -0.2) is 46.7 Å². The molecule has 166 valence electrons. The molecule has 7 nitrogen and oxygen atoms in total. The third-order valence-corrected chi connectivity index (χ3v) is 6.07. The second-order valence-electron chi connectivity index (χ2n) is 7.99. The highest BCUT2D eigenvalue weighted by Crippen LogP contribution is 2.36. The molecular formula is C25H23BrN5O2+. The molecule has 0 bridgehead atoms. The zero-order valence-electron chi connectivity index (χ0n) is 18.0. The van der Waals surface area contributed by atoms with Gasteiger partial charge in [-0.05, 0) is 36.4 Å². The number of oxime groups is 1. The molecule has 0 spiro atoms. The van der Waals surface area contributed by atoms with Crippen molar-refractivity contribution < 1.29 is 14.8 Å². The number of pyridine rings is 1. The van der Waals surface area contributed by atoms with Gasteiger partial charge in [-0.15, -0.1) is 0 Å². The predicted octanol–water partition coefficient (Wildman–Crippen LogP) is 3.60. The maximum Gasteiger partial charge on any atom is 0.199 e. The minimum atomic E-state index is 0.0573. The summed E-state index contributed by atoms with van der Waals surface area (Å²) >= 11 is 3.52. The number of nitrogens with zero attached hydrogens (tertiary/aromatic N) is 3. The lowest BCUT2D eigenvalue weighted by Gasteiger charge is -2.12. The number of para-hydroxylation sites is 1. The van der Waals surface area contributed by atoms with Gasteiger partial charge >= 0.3 is 0 Å². The Hall–Kier alpha value is -3.49.